The van der Waals surface area contributed by atoms with Crippen LogP contribution in [0.3, 0.4) is 0 Å². The van der Waals surface area contributed by atoms with E-state index in [0.717, 1.165) is 0 Å². The zero-order valence-corrected chi connectivity index (χ0v) is 12.1. The highest BCUT2D eigenvalue weighted by Crippen LogP contribution is 2.37. The number of benzene rings is 2. The minimum Gasteiger partial charge on any atom is -0.449 e. The van der Waals surface area contributed by atoms with Gasteiger partial charge in [-0.25, -0.2) is 0 Å². The molecule has 0 unspecified atom stereocenters. The van der Waals surface area contributed by atoms with Crippen molar-refractivity contribution in [2.75, 3.05) is 0 Å². The quantitative estimate of drug-likeness (QED) is 0.449. The third-order valence-electron chi connectivity index (χ3n) is 2.81. The van der Waals surface area contributed by atoms with Crippen LogP contribution in [0.25, 0.3) is 0 Å². The third kappa shape index (κ3) is 2.86. The van der Waals surface area contributed by atoms with Gasteiger partial charge in [0.1, 0.15) is 5.75 Å². The molecule has 0 aliphatic heterocycles. The maximum Gasteiger partial charge on any atom is 0.311 e. The van der Waals surface area contributed by atoms with Crippen LogP contribution in [0.4, 0.5) is 5.69 Å². The average Bonchev–Trinajstić information content (AvgIpc) is 2.41. The molecule has 0 spiro atoms. The van der Waals surface area contributed by atoms with E-state index in [4.69, 9.17) is 27.9 Å². The predicted molar refractivity (Wildman–Crippen MR) is 78.9 cm³/mol. The van der Waals surface area contributed by atoms with Crippen LogP contribution in [0.5, 0.6) is 11.5 Å². The lowest BCUT2D eigenvalue weighted by Crippen LogP contribution is -1.97. The van der Waals surface area contributed by atoms with E-state index in [1.54, 1.807) is 37.3 Å². The van der Waals surface area contributed by atoms with Crippen molar-refractivity contribution in [2.24, 2.45) is 0 Å². The summed E-state index contributed by atoms with van der Waals surface area (Å²) in [5, 5.41) is 11.5. The SMILES string of the molecule is Cc1cccc([N+](=O)[O-])c1Oc1cccc(Cl)c1CCl. The summed E-state index contributed by atoms with van der Waals surface area (Å²) in [6.45, 7) is 1.74. The Labute approximate surface area is 126 Å². The molecule has 4 nitrogen and oxygen atoms in total. The molecule has 0 saturated carbocycles. The average molecular weight is 312 g/mol. The molecule has 0 heterocycles. The molecule has 0 fully saturated rings. The minimum absolute atomic E-state index is 0.0921. The first-order valence-corrected chi connectivity index (χ1v) is 6.71. The van der Waals surface area contributed by atoms with Gasteiger partial charge >= 0.3 is 5.69 Å². The molecule has 0 amide bonds. The number of ether oxygens (including phenoxy) is 1. The fourth-order valence-corrected chi connectivity index (χ4v) is 2.36. The topological polar surface area (TPSA) is 52.4 Å². The van der Waals surface area contributed by atoms with E-state index in [1.807, 2.05) is 0 Å². The molecule has 0 saturated heterocycles. The highest BCUT2D eigenvalue weighted by atomic mass is 35.5. The summed E-state index contributed by atoms with van der Waals surface area (Å²) in [5.41, 5.74) is 1.18. The predicted octanol–water partition coefficient (Wildman–Crippen LogP) is 5.09. The Hall–Kier alpha value is -1.78. The van der Waals surface area contributed by atoms with Gasteiger partial charge in [0, 0.05) is 16.7 Å². The Kier molecular flexibility index (Phi) is 4.47. The number of hydrogen-bond acceptors (Lipinski definition) is 3. The molecule has 104 valence electrons. The molecule has 0 aliphatic rings. The number of aryl methyl sites for hydroxylation is 1. The number of rotatable bonds is 4. The van der Waals surface area contributed by atoms with Crippen LogP contribution >= 0.6 is 23.2 Å². The number of halogens is 2. The lowest BCUT2D eigenvalue weighted by Gasteiger charge is -2.12. The number of nitro benzene ring substituents is 1. The van der Waals surface area contributed by atoms with Crippen LogP contribution in [0.1, 0.15) is 11.1 Å². The van der Waals surface area contributed by atoms with E-state index >= 15 is 0 Å². The lowest BCUT2D eigenvalue weighted by atomic mass is 10.2. The molecule has 2 rings (SSSR count). The van der Waals surface area contributed by atoms with Crippen molar-refractivity contribution < 1.29 is 9.66 Å². The van der Waals surface area contributed by atoms with E-state index in [1.165, 1.54) is 6.07 Å². The Morgan fingerprint density at radius 3 is 2.60 bits per heavy atom. The highest BCUT2D eigenvalue weighted by Gasteiger charge is 2.19. The van der Waals surface area contributed by atoms with Gasteiger partial charge in [0.15, 0.2) is 0 Å². The van der Waals surface area contributed by atoms with Crippen LogP contribution in [0.15, 0.2) is 36.4 Å². The summed E-state index contributed by atoms with van der Waals surface area (Å²) in [6, 6.07) is 9.83. The van der Waals surface area contributed by atoms with E-state index in [-0.39, 0.29) is 17.3 Å². The standard InChI is InChI=1S/C14H11Cl2NO3/c1-9-4-2-6-12(17(18)19)14(9)20-13-7-3-5-11(16)10(13)8-15/h2-7H,8H2,1H3. The third-order valence-corrected chi connectivity index (χ3v) is 3.43. The fraction of sp³-hybridized carbons (Fsp3) is 0.143. The second-order valence-corrected chi connectivity index (χ2v) is 4.81. The maximum atomic E-state index is 11.1. The molecule has 0 N–H and O–H groups in total. The second kappa shape index (κ2) is 6.11. The monoisotopic (exact) mass is 311 g/mol. The van der Waals surface area contributed by atoms with Crippen LogP contribution in [0, 0.1) is 17.0 Å². The molecule has 0 aliphatic carbocycles. The fourth-order valence-electron chi connectivity index (χ4n) is 1.79. The molecule has 2 aromatic rings. The van der Waals surface area contributed by atoms with Gasteiger partial charge in [-0.2, -0.15) is 0 Å². The first kappa shape index (κ1) is 14.6. The molecular weight excluding hydrogens is 301 g/mol. The van der Waals surface area contributed by atoms with Gasteiger partial charge < -0.3 is 4.74 Å². The summed E-state index contributed by atoms with van der Waals surface area (Å²) in [5.74, 6) is 0.783. The normalized spacial score (nSPS) is 10.3. The molecule has 6 heteroatoms. The number of alkyl halides is 1. The number of hydrogen-bond donors (Lipinski definition) is 0. The van der Waals surface area contributed by atoms with Crippen LogP contribution in [0.2, 0.25) is 5.02 Å². The summed E-state index contributed by atoms with van der Waals surface area (Å²) in [6.07, 6.45) is 0. The lowest BCUT2D eigenvalue weighted by molar-refractivity contribution is -0.385. The Morgan fingerprint density at radius 2 is 1.95 bits per heavy atom. The van der Waals surface area contributed by atoms with Crippen molar-refractivity contribution >= 4 is 28.9 Å². The largest absolute Gasteiger partial charge is 0.449 e. The van der Waals surface area contributed by atoms with Gasteiger partial charge in [-0.15, -0.1) is 11.6 Å². The summed E-state index contributed by atoms with van der Waals surface area (Å²) in [7, 11) is 0. The van der Waals surface area contributed by atoms with Crippen molar-refractivity contribution in [3.63, 3.8) is 0 Å². The molecule has 0 aromatic heterocycles. The smallest absolute Gasteiger partial charge is 0.311 e. The summed E-state index contributed by atoms with van der Waals surface area (Å²) < 4.78 is 5.69. The number of nitro groups is 1. The van der Waals surface area contributed by atoms with E-state index in [0.29, 0.717) is 21.9 Å². The Balaban J connectivity index is 2.50. The van der Waals surface area contributed by atoms with Gasteiger partial charge in [0.2, 0.25) is 5.75 Å². The summed E-state index contributed by atoms with van der Waals surface area (Å²) >= 11 is 11.9. The molecule has 0 radical (unpaired) electrons. The van der Waals surface area contributed by atoms with E-state index in [9.17, 15) is 10.1 Å². The number of para-hydroxylation sites is 1. The van der Waals surface area contributed by atoms with Crippen molar-refractivity contribution in [1.29, 1.82) is 0 Å². The van der Waals surface area contributed by atoms with Gasteiger partial charge in [-0.1, -0.05) is 29.8 Å². The first-order chi connectivity index (χ1) is 9.54. The van der Waals surface area contributed by atoms with Crippen molar-refractivity contribution in [3.8, 4) is 11.5 Å². The first-order valence-electron chi connectivity index (χ1n) is 5.79. The zero-order valence-electron chi connectivity index (χ0n) is 10.6. The van der Waals surface area contributed by atoms with Crippen molar-refractivity contribution in [1.82, 2.24) is 0 Å². The van der Waals surface area contributed by atoms with Gasteiger partial charge in [-0.3, -0.25) is 10.1 Å². The van der Waals surface area contributed by atoms with E-state index < -0.39 is 4.92 Å². The van der Waals surface area contributed by atoms with Crippen LogP contribution < -0.4 is 4.74 Å². The Bertz CT molecular complexity index is 659. The summed E-state index contributed by atoms with van der Waals surface area (Å²) in [4.78, 5) is 10.6. The van der Waals surface area contributed by atoms with Crippen molar-refractivity contribution in [2.45, 2.75) is 12.8 Å². The second-order valence-electron chi connectivity index (χ2n) is 4.13. The van der Waals surface area contributed by atoms with Gasteiger partial charge in [-0.05, 0) is 24.6 Å². The highest BCUT2D eigenvalue weighted by molar-refractivity contribution is 6.32. The minimum atomic E-state index is -0.479. The zero-order chi connectivity index (χ0) is 14.7. The van der Waals surface area contributed by atoms with Gasteiger partial charge in [0.25, 0.3) is 0 Å². The van der Waals surface area contributed by atoms with Crippen molar-refractivity contribution in [3.05, 3.63) is 62.7 Å². The molecule has 0 bridgehead atoms. The molecule has 20 heavy (non-hydrogen) atoms. The van der Waals surface area contributed by atoms with Crippen LogP contribution in [-0.4, -0.2) is 4.92 Å². The molecule has 0 atom stereocenters. The molecular formula is C14H11Cl2NO3. The maximum absolute atomic E-state index is 11.1. The van der Waals surface area contributed by atoms with Gasteiger partial charge in [0.05, 0.1) is 10.8 Å². The van der Waals surface area contributed by atoms with Crippen LogP contribution in [-0.2, 0) is 5.88 Å². The van der Waals surface area contributed by atoms with E-state index in [2.05, 4.69) is 0 Å². The Morgan fingerprint density at radius 1 is 1.25 bits per heavy atom. The molecule has 2 aromatic carbocycles. The number of nitrogens with zero attached hydrogens (tertiary/aromatic N) is 1.